The van der Waals surface area contributed by atoms with Crippen LogP contribution in [0.4, 0.5) is 0 Å². The standard InChI is InChI=1S/C16H23N5O.2ClH/c1-11-14-8-13(10-19-15(14)21(2)20-11)16(22)18-7-5-12-4-3-6-17-9-12;;/h8,10,12,17H,3-7,9H2,1-2H3,(H,18,22);2*1H. The summed E-state index contributed by atoms with van der Waals surface area (Å²) in [5.41, 5.74) is 2.31. The van der Waals surface area contributed by atoms with E-state index in [1.807, 2.05) is 20.0 Å². The van der Waals surface area contributed by atoms with Gasteiger partial charge in [0.2, 0.25) is 0 Å². The number of hydrogen-bond donors (Lipinski definition) is 2. The van der Waals surface area contributed by atoms with Gasteiger partial charge in [-0.3, -0.25) is 9.48 Å². The lowest BCUT2D eigenvalue weighted by Crippen LogP contribution is -2.33. The number of aryl methyl sites for hydroxylation is 2. The number of carbonyl (C=O) groups excluding carboxylic acids is 1. The second-order valence-corrected chi connectivity index (χ2v) is 6.06. The van der Waals surface area contributed by atoms with Gasteiger partial charge in [0.1, 0.15) is 0 Å². The SMILES string of the molecule is Cc1nn(C)c2ncc(C(=O)NCCC3CCCNC3)cc12.Cl.Cl. The van der Waals surface area contributed by atoms with Crippen molar-refractivity contribution in [1.29, 1.82) is 0 Å². The summed E-state index contributed by atoms with van der Waals surface area (Å²) in [7, 11) is 1.86. The van der Waals surface area contributed by atoms with Crippen molar-refractivity contribution < 1.29 is 4.79 Å². The van der Waals surface area contributed by atoms with Gasteiger partial charge < -0.3 is 10.6 Å². The molecule has 134 valence electrons. The summed E-state index contributed by atoms with van der Waals surface area (Å²) in [6.45, 7) is 4.84. The van der Waals surface area contributed by atoms with Crippen molar-refractivity contribution in [2.75, 3.05) is 19.6 Å². The molecular weight excluding hydrogens is 349 g/mol. The van der Waals surface area contributed by atoms with Crippen LogP contribution in [0.2, 0.25) is 0 Å². The second-order valence-electron chi connectivity index (χ2n) is 6.06. The lowest BCUT2D eigenvalue weighted by molar-refractivity contribution is 0.0950. The number of carbonyl (C=O) groups is 1. The van der Waals surface area contributed by atoms with Crippen molar-refractivity contribution in [3.63, 3.8) is 0 Å². The molecule has 1 aliphatic heterocycles. The zero-order valence-electron chi connectivity index (χ0n) is 14.0. The molecule has 0 saturated carbocycles. The Kier molecular flexibility index (Phi) is 7.93. The average molecular weight is 374 g/mol. The van der Waals surface area contributed by atoms with Crippen LogP contribution in [0.5, 0.6) is 0 Å². The molecule has 1 unspecified atom stereocenters. The fourth-order valence-electron chi connectivity index (χ4n) is 3.09. The van der Waals surface area contributed by atoms with Crippen LogP contribution >= 0.6 is 24.8 Å². The molecule has 2 N–H and O–H groups in total. The van der Waals surface area contributed by atoms with E-state index in [2.05, 4.69) is 20.7 Å². The molecular formula is C16H25Cl2N5O. The fourth-order valence-corrected chi connectivity index (χ4v) is 3.09. The summed E-state index contributed by atoms with van der Waals surface area (Å²) < 4.78 is 1.74. The second kappa shape index (κ2) is 9.20. The first-order valence-corrected chi connectivity index (χ1v) is 7.93. The molecule has 8 heteroatoms. The first-order chi connectivity index (χ1) is 10.6. The maximum Gasteiger partial charge on any atom is 0.252 e. The van der Waals surface area contributed by atoms with Gasteiger partial charge in [-0.15, -0.1) is 24.8 Å². The van der Waals surface area contributed by atoms with Gasteiger partial charge in [-0.25, -0.2) is 4.98 Å². The van der Waals surface area contributed by atoms with Crippen LogP contribution in [0.1, 0.15) is 35.3 Å². The van der Waals surface area contributed by atoms with Crippen molar-refractivity contribution in [2.45, 2.75) is 26.2 Å². The molecule has 3 rings (SSSR count). The van der Waals surface area contributed by atoms with Crippen molar-refractivity contribution in [3.8, 4) is 0 Å². The third kappa shape index (κ3) is 4.59. The molecule has 24 heavy (non-hydrogen) atoms. The van der Waals surface area contributed by atoms with Gasteiger partial charge in [-0.1, -0.05) is 0 Å². The highest BCUT2D eigenvalue weighted by molar-refractivity contribution is 5.97. The zero-order chi connectivity index (χ0) is 15.5. The highest BCUT2D eigenvalue weighted by Gasteiger charge is 2.14. The van der Waals surface area contributed by atoms with Crippen molar-refractivity contribution in [2.24, 2.45) is 13.0 Å². The summed E-state index contributed by atoms with van der Waals surface area (Å²) in [4.78, 5) is 16.6. The summed E-state index contributed by atoms with van der Waals surface area (Å²) in [6.07, 6.45) is 5.14. The summed E-state index contributed by atoms with van der Waals surface area (Å²) >= 11 is 0. The quantitative estimate of drug-likeness (QED) is 0.861. The Labute approximate surface area is 154 Å². The number of hydrogen-bond acceptors (Lipinski definition) is 4. The molecule has 1 amide bonds. The largest absolute Gasteiger partial charge is 0.352 e. The molecule has 2 aromatic heterocycles. The van der Waals surface area contributed by atoms with E-state index in [0.717, 1.165) is 42.8 Å². The van der Waals surface area contributed by atoms with E-state index in [1.54, 1.807) is 10.9 Å². The molecule has 0 aliphatic carbocycles. The number of nitrogens with one attached hydrogen (secondary N) is 2. The van der Waals surface area contributed by atoms with Crippen molar-refractivity contribution >= 4 is 41.8 Å². The smallest absolute Gasteiger partial charge is 0.252 e. The number of aromatic nitrogens is 3. The minimum absolute atomic E-state index is 0. The van der Waals surface area contributed by atoms with Crippen LogP contribution in [0.3, 0.4) is 0 Å². The normalized spacial score (nSPS) is 17.0. The Morgan fingerprint density at radius 3 is 2.96 bits per heavy atom. The monoisotopic (exact) mass is 373 g/mol. The molecule has 0 bridgehead atoms. The number of pyridine rings is 1. The number of nitrogens with zero attached hydrogens (tertiary/aromatic N) is 3. The Morgan fingerprint density at radius 1 is 1.46 bits per heavy atom. The van der Waals surface area contributed by atoms with Gasteiger partial charge in [0, 0.05) is 25.2 Å². The molecule has 6 nitrogen and oxygen atoms in total. The number of amides is 1. The molecule has 0 spiro atoms. The topological polar surface area (TPSA) is 71.8 Å². The third-order valence-electron chi connectivity index (χ3n) is 4.36. The zero-order valence-corrected chi connectivity index (χ0v) is 15.7. The number of piperidine rings is 1. The summed E-state index contributed by atoms with van der Waals surface area (Å²) in [5.74, 6) is 0.622. The van der Waals surface area contributed by atoms with Gasteiger partial charge in [0.05, 0.1) is 11.3 Å². The number of rotatable bonds is 4. The van der Waals surface area contributed by atoms with Gasteiger partial charge in [-0.2, -0.15) is 5.10 Å². The third-order valence-corrected chi connectivity index (χ3v) is 4.36. The molecule has 0 radical (unpaired) electrons. The Morgan fingerprint density at radius 2 is 2.25 bits per heavy atom. The van der Waals surface area contributed by atoms with Gasteiger partial charge in [0.25, 0.3) is 5.91 Å². The van der Waals surface area contributed by atoms with Crippen LogP contribution in [0.25, 0.3) is 11.0 Å². The van der Waals surface area contributed by atoms with E-state index in [4.69, 9.17) is 0 Å². The molecule has 1 aliphatic rings. The van der Waals surface area contributed by atoms with Crippen molar-refractivity contribution in [1.82, 2.24) is 25.4 Å². The Hall–Kier alpha value is -1.37. The molecule has 2 aromatic rings. The predicted octanol–water partition coefficient (Wildman–Crippen LogP) is 2.24. The van der Waals surface area contributed by atoms with E-state index in [1.165, 1.54) is 12.8 Å². The minimum atomic E-state index is -0.0542. The lowest BCUT2D eigenvalue weighted by atomic mass is 9.96. The molecule has 1 atom stereocenters. The van der Waals surface area contributed by atoms with E-state index in [0.29, 0.717) is 11.5 Å². The highest BCUT2D eigenvalue weighted by Crippen LogP contribution is 2.17. The van der Waals surface area contributed by atoms with Crippen LogP contribution in [-0.2, 0) is 7.05 Å². The van der Waals surface area contributed by atoms with E-state index < -0.39 is 0 Å². The van der Waals surface area contributed by atoms with E-state index in [-0.39, 0.29) is 30.7 Å². The van der Waals surface area contributed by atoms with Crippen LogP contribution in [0, 0.1) is 12.8 Å². The Bertz CT molecular complexity index is 682. The molecule has 1 fully saturated rings. The van der Waals surface area contributed by atoms with Gasteiger partial charge >= 0.3 is 0 Å². The molecule has 1 saturated heterocycles. The summed E-state index contributed by atoms with van der Waals surface area (Å²) in [6, 6.07) is 1.88. The maximum absolute atomic E-state index is 12.3. The van der Waals surface area contributed by atoms with E-state index >= 15 is 0 Å². The van der Waals surface area contributed by atoms with Crippen LogP contribution in [-0.4, -0.2) is 40.3 Å². The number of halogens is 2. The van der Waals surface area contributed by atoms with E-state index in [9.17, 15) is 4.79 Å². The van der Waals surface area contributed by atoms with Gasteiger partial charge in [0.15, 0.2) is 5.65 Å². The number of fused-ring (bicyclic) bond motifs is 1. The van der Waals surface area contributed by atoms with Crippen LogP contribution in [0.15, 0.2) is 12.3 Å². The van der Waals surface area contributed by atoms with Crippen LogP contribution < -0.4 is 10.6 Å². The molecule has 3 heterocycles. The first-order valence-electron chi connectivity index (χ1n) is 7.93. The Balaban J connectivity index is 0.00000144. The average Bonchev–Trinajstić information content (AvgIpc) is 2.82. The maximum atomic E-state index is 12.3. The fraction of sp³-hybridized carbons (Fsp3) is 0.562. The molecule has 0 aromatic carbocycles. The predicted molar refractivity (Wildman–Crippen MR) is 100 cm³/mol. The van der Waals surface area contributed by atoms with Crippen molar-refractivity contribution in [3.05, 3.63) is 23.5 Å². The summed E-state index contributed by atoms with van der Waals surface area (Å²) in [5, 5.41) is 11.7. The minimum Gasteiger partial charge on any atom is -0.352 e. The lowest BCUT2D eigenvalue weighted by Gasteiger charge is -2.22. The van der Waals surface area contributed by atoms with Gasteiger partial charge in [-0.05, 0) is 51.3 Å². The first kappa shape index (κ1) is 20.7. The highest BCUT2D eigenvalue weighted by atomic mass is 35.5.